The second kappa shape index (κ2) is 4.29. The van der Waals surface area contributed by atoms with Crippen molar-refractivity contribution in [2.75, 3.05) is 0 Å². The lowest BCUT2D eigenvalue weighted by atomic mass is 10.0. The van der Waals surface area contributed by atoms with Crippen LogP contribution in [0.2, 0.25) is 0 Å². The van der Waals surface area contributed by atoms with Gasteiger partial charge in [0.25, 0.3) is 0 Å². The Morgan fingerprint density at radius 1 is 0.941 bits per heavy atom. The summed E-state index contributed by atoms with van der Waals surface area (Å²) in [5, 5.41) is 18.7. The number of aromatic hydroxyl groups is 2. The van der Waals surface area contributed by atoms with Gasteiger partial charge in [-0.1, -0.05) is 12.1 Å². The lowest BCUT2D eigenvalue weighted by Gasteiger charge is -2.04. The highest BCUT2D eigenvalue weighted by Crippen LogP contribution is 2.20. The van der Waals surface area contributed by atoms with Crippen molar-refractivity contribution in [1.29, 1.82) is 0 Å². The lowest BCUT2D eigenvalue weighted by Crippen LogP contribution is -2.00. The molecule has 0 aromatic heterocycles. The molecular weight excluding hydrogens is 216 g/mol. The average molecular weight is 228 g/mol. The normalized spacial score (nSPS) is 10.2. The monoisotopic (exact) mass is 228 g/mol. The summed E-state index contributed by atoms with van der Waals surface area (Å²) in [5.41, 5.74) is 1.64. The third kappa shape index (κ3) is 2.28. The Bertz CT molecular complexity index is 556. The molecule has 0 radical (unpaired) electrons. The topological polar surface area (TPSA) is 57.5 Å². The van der Waals surface area contributed by atoms with Crippen molar-refractivity contribution in [3.05, 3.63) is 59.2 Å². The summed E-state index contributed by atoms with van der Waals surface area (Å²) in [6.07, 6.45) is 0. The van der Waals surface area contributed by atoms with Gasteiger partial charge in [0, 0.05) is 11.1 Å². The van der Waals surface area contributed by atoms with Crippen molar-refractivity contribution < 1.29 is 15.0 Å². The fourth-order valence-electron chi connectivity index (χ4n) is 1.53. The summed E-state index contributed by atoms with van der Waals surface area (Å²) in [6, 6.07) is 10.8. The molecule has 2 aromatic rings. The van der Waals surface area contributed by atoms with Gasteiger partial charge in [-0.25, -0.2) is 0 Å². The first-order chi connectivity index (χ1) is 8.08. The molecule has 3 heteroatoms. The van der Waals surface area contributed by atoms with E-state index in [-0.39, 0.29) is 17.3 Å². The van der Waals surface area contributed by atoms with Gasteiger partial charge in [-0.05, 0) is 42.8 Å². The van der Waals surface area contributed by atoms with Gasteiger partial charge >= 0.3 is 0 Å². The summed E-state index contributed by atoms with van der Waals surface area (Å²) in [5.74, 6) is 0.0447. The fourth-order valence-corrected chi connectivity index (χ4v) is 1.53. The van der Waals surface area contributed by atoms with E-state index in [0.717, 1.165) is 5.56 Å². The van der Waals surface area contributed by atoms with Crippen LogP contribution in [-0.2, 0) is 0 Å². The van der Waals surface area contributed by atoms with Crippen LogP contribution in [0.15, 0.2) is 42.5 Å². The number of hydrogen-bond donors (Lipinski definition) is 2. The maximum Gasteiger partial charge on any atom is 0.193 e. The summed E-state index contributed by atoms with van der Waals surface area (Å²) < 4.78 is 0. The van der Waals surface area contributed by atoms with Gasteiger partial charge in [0.15, 0.2) is 5.78 Å². The summed E-state index contributed by atoms with van der Waals surface area (Å²) >= 11 is 0. The van der Waals surface area contributed by atoms with Crippen LogP contribution in [0.1, 0.15) is 21.5 Å². The average Bonchev–Trinajstić information content (AvgIpc) is 2.33. The molecule has 2 rings (SSSR count). The highest BCUT2D eigenvalue weighted by Gasteiger charge is 2.10. The summed E-state index contributed by atoms with van der Waals surface area (Å²) in [4.78, 5) is 12.0. The molecule has 0 spiro atoms. The number of rotatable bonds is 2. The van der Waals surface area contributed by atoms with Gasteiger partial charge in [-0.15, -0.1) is 0 Å². The molecule has 2 aromatic carbocycles. The van der Waals surface area contributed by atoms with E-state index in [4.69, 9.17) is 5.11 Å². The van der Waals surface area contributed by atoms with E-state index in [1.54, 1.807) is 31.2 Å². The van der Waals surface area contributed by atoms with Crippen LogP contribution in [-0.4, -0.2) is 16.0 Å². The van der Waals surface area contributed by atoms with Crippen molar-refractivity contribution >= 4 is 5.78 Å². The zero-order valence-electron chi connectivity index (χ0n) is 9.34. The van der Waals surface area contributed by atoms with Crippen molar-refractivity contribution in [3.8, 4) is 11.5 Å². The van der Waals surface area contributed by atoms with Gasteiger partial charge in [0.05, 0.1) is 0 Å². The van der Waals surface area contributed by atoms with Crippen LogP contribution < -0.4 is 0 Å². The van der Waals surface area contributed by atoms with E-state index < -0.39 is 0 Å². The van der Waals surface area contributed by atoms with E-state index in [9.17, 15) is 9.90 Å². The minimum Gasteiger partial charge on any atom is -0.508 e. The molecule has 0 aliphatic carbocycles. The summed E-state index contributed by atoms with van der Waals surface area (Å²) in [7, 11) is 0. The van der Waals surface area contributed by atoms with Crippen molar-refractivity contribution in [3.63, 3.8) is 0 Å². The third-order valence-corrected chi connectivity index (χ3v) is 2.60. The smallest absolute Gasteiger partial charge is 0.193 e. The number of phenolic OH excluding ortho intramolecular Hbond substituents is 2. The second-order valence-corrected chi connectivity index (χ2v) is 3.88. The number of hydrogen-bond acceptors (Lipinski definition) is 3. The maximum atomic E-state index is 12.0. The van der Waals surface area contributed by atoms with Crippen LogP contribution in [0.5, 0.6) is 11.5 Å². The van der Waals surface area contributed by atoms with Crippen LogP contribution in [0.25, 0.3) is 0 Å². The van der Waals surface area contributed by atoms with Gasteiger partial charge in [-0.3, -0.25) is 4.79 Å². The molecule has 2 N–H and O–H groups in total. The first kappa shape index (κ1) is 11.2. The molecule has 0 aliphatic rings. The molecule has 0 heterocycles. The quantitative estimate of drug-likeness (QED) is 0.777. The van der Waals surface area contributed by atoms with Gasteiger partial charge < -0.3 is 10.2 Å². The molecule has 3 nitrogen and oxygen atoms in total. The third-order valence-electron chi connectivity index (χ3n) is 2.60. The van der Waals surface area contributed by atoms with E-state index in [1.165, 1.54) is 18.2 Å². The molecule has 17 heavy (non-hydrogen) atoms. The van der Waals surface area contributed by atoms with Crippen LogP contribution in [0.3, 0.4) is 0 Å². The van der Waals surface area contributed by atoms with Gasteiger partial charge in [0.2, 0.25) is 0 Å². The molecule has 0 saturated heterocycles. The Labute approximate surface area is 99.0 Å². The Balaban J connectivity index is 2.37. The van der Waals surface area contributed by atoms with Crippen molar-refractivity contribution in [1.82, 2.24) is 0 Å². The zero-order valence-corrected chi connectivity index (χ0v) is 9.34. The van der Waals surface area contributed by atoms with Crippen LogP contribution in [0, 0.1) is 6.92 Å². The van der Waals surface area contributed by atoms with E-state index in [0.29, 0.717) is 11.1 Å². The predicted molar refractivity (Wildman–Crippen MR) is 64.4 cm³/mol. The van der Waals surface area contributed by atoms with Gasteiger partial charge in [0.1, 0.15) is 11.5 Å². The number of benzene rings is 2. The molecule has 0 fully saturated rings. The Morgan fingerprint density at radius 3 is 2.12 bits per heavy atom. The van der Waals surface area contributed by atoms with E-state index >= 15 is 0 Å². The first-order valence-corrected chi connectivity index (χ1v) is 5.21. The molecule has 0 unspecified atom stereocenters. The van der Waals surface area contributed by atoms with E-state index in [2.05, 4.69) is 0 Å². The minimum atomic E-state index is -0.180. The van der Waals surface area contributed by atoms with Gasteiger partial charge in [-0.2, -0.15) is 0 Å². The number of carbonyl (C=O) groups is 1. The molecule has 0 saturated carbocycles. The summed E-state index contributed by atoms with van der Waals surface area (Å²) in [6.45, 7) is 1.77. The molecule has 0 bridgehead atoms. The standard InChI is InChI=1S/C14H12O3/c1-9-2-3-11(8-13(9)16)14(17)10-4-6-12(15)7-5-10/h2-8,15-16H,1H3. The second-order valence-electron chi connectivity index (χ2n) is 3.88. The molecule has 86 valence electrons. The minimum absolute atomic E-state index is 0.106. The number of ketones is 1. The van der Waals surface area contributed by atoms with E-state index in [1.807, 2.05) is 0 Å². The molecule has 0 aliphatic heterocycles. The predicted octanol–water partition coefficient (Wildman–Crippen LogP) is 2.64. The fraction of sp³-hybridized carbons (Fsp3) is 0.0714. The number of aryl methyl sites for hydroxylation is 1. The Kier molecular flexibility index (Phi) is 2.83. The van der Waals surface area contributed by atoms with Crippen molar-refractivity contribution in [2.24, 2.45) is 0 Å². The maximum absolute atomic E-state index is 12.0. The highest BCUT2D eigenvalue weighted by molar-refractivity contribution is 6.09. The first-order valence-electron chi connectivity index (χ1n) is 5.21. The van der Waals surface area contributed by atoms with Crippen molar-refractivity contribution in [2.45, 2.75) is 6.92 Å². The molecule has 0 amide bonds. The largest absolute Gasteiger partial charge is 0.508 e. The zero-order chi connectivity index (χ0) is 12.4. The number of carbonyl (C=O) groups excluding carboxylic acids is 1. The Hall–Kier alpha value is -2.29. The van der Waals surface area contributed by atoms with Crippen LogP contribution in [0.4, 0.5) is 0 Å². The number of phenols is 2. The molecule has 0 atom stereocenters. The lowest BCUT2D eigenvalue weighted by molar-refractivity contribution is 0.103. The highest BCUT2D eigenvalue weighted by atomic mass is 16.3. The Morgan fingerprint density at radius 2 is 1.53 bits per heavy atom. The SMILES string of the molecule is Cc1ccc(C(=O)c2ccc(O)cc2)cc1O. The molecular formula is C14H12O3. The van der Waals surface area contributed by atoms with Crippen LogP contribution >= 0.6 is 0 Å².